The van der Waals surface area contributed by atoms with Crippen LogP contribution in [0.3, 0.4) is 0 Å². The number of carbonyl (C=O) groups excluding carboxylic acids is 2. The minimum Gasteiger partial charge on any atom is -0.480 e. The highest BCUT2D eigenvalue weighted by molar-refractivity contribution is 7.92. The number of anilines is 1. The maximum atomic E-state index is 14.3. The molecule has 5 aromatic rings. The Hall–Kier alpha value is -5.37. The largest absolute Gasteiger partial charge is 0.480 e. The van der Waals surface area contributed by atoms with Gasteiger partial charge in [0, 0.05) is 55.5 Å². The first kappa shape index (κ1) is 30.6. The summed E-state index contributed by atoms with van der Waals surface area (Å²) in [5, 5.41) is 0. The number of carbonyl (C=O) groups is 2. The minimum absolute atomic E-state index is 0.0766. The highest BCUT2D eigenvalue weighted by Gasteiger charge is 2.28. The Balaban J connectivity index is 1.20. The van der Waals surface area contributed by atoms with Gasteiger partial charge in [0.25, 0.3) is 15.9 Å². The Kier molecular flexibility index (Phi) is 8.37. The van der Waals surface area contributed by atoms with Gasteiger partial charge in [0.05, 0.1) is 18.9 Å². The zero-order valence-electron chi connectivity index (χ0n) is 24.4. The molecule has 3 aromatic heterocycles. The molecule has 2 aromatic carbocycles. The molecule has 0 unspecified atom stereocenters. The van der Waals surface area contributed by atoms with Gasteiger partial charge in [-0.15, -0.1) is 0 Å². The lowest BCUT2D eigenvalue weighted by Gasteiger charge is -2.31. The third kappa shape index (κ3) is 6.24. The molecule has 1 saturated heterocycles. The van der Waals surface area contributed by atoms with Gasteiger partial charge in [-0.2, -0.15) is 0 Å². The van der Waals surface area contributed by atoms with Crippen LogP contribution in [0.4, 0.5) is 14.5 Å². The van der Waals surface area contributed by atoms with Gasteiger partial charge in [0.15, 0.2) is 0 Å². The van der Waals surface area contributed by atoms with Crippen LogP contribution in [0, 0.1) is 11.6 Å². The summed E-state index contributed by atoms with van der Waals surface area (Å²) in [5.41, 5.74) is 2.23. The monoisotopic (exact) mass is 647 g/mol. The van der Waals surface area contributed by atoms with Crippen molar-refractivity contribution in [3.63, 3.8) is 0 Å². The quantitative estimate of drug-likeness (QED) is 0.234. The predicted octanol–water partition coefficient (Wildman–Crippen LogP) is 4.95. The SMILES string of the molecule is COc1ncc(-c2ccc3ncc(C(=O)N4CCC(OC(=O)c5ccccc5)CC4)n3c2)cc1NS(=O)(=O)c1ccc(F)cc1F. The zero-order chi connectivity index (χ0) is 32.4. The second-order valence-corrected chi connectivity index (χ2v) is 12.2. The molecule has 1 fully saturated rings. The molecular formula is C32H27F2N5O6S. The molecule has 0 saturated carbocycles. The standard InChI is InChI=1S/C32H27F2N5O6S/c1-44-30-26(37-46(42,43)28-9-8-23(33)16-25(28)34)15-22(17-36-30)21-7-10-29-35-18-27(39(29)19-21)31(40)38-13-11-24(12-14-38)45-32(41)20-5-3-2-4-6-20/h2-10,15-19,24,37H,11-14H2,1H3. The van der Waals surface area contributed by atoms with Crippen LogP contribution in [0.5, 0.6) is 5.88 Å². The number of aromatic nitrogens is 3. The normalized spacial score (nSPS) is 13.8. The number of hydrogen-bond acceptors (Lipinski definition) is 8. The molecule has 236 valence electrons. The van der Waals surface area contributed by atoms with Gasteiger partial charge < -0.3 is 14.4 Å². The van der Waals surface area contributed by atoms with E-state index in [1.165, 1.54) is 25.6 Å². The number of hydrogen-bond donors (Lipinski definition) is 1. The van der Waals surface area contributed by atoms with E-state index in [1.54, 1.807) is 51.9 Å². The summed E-state index contributed by atoms with van der Waals surface area (Å²) in [7, 11) is -3.18. The predicted molar refractivity (Wildman–Crippen MR) is 163 cm³/mol. The Labute approximate surface area is 262 Å². The van der Waals surface area contributed by atoms with Gasteiger partial charge in [-0.3, -0.25) is 13.9 Å². The summed E-state index contributed by atoms with van der Waals surface area (Å²) < 4.78 is 68.3. The molecule has 1 amide bonds. The fraction of sp³-hybridized carbons (Fsp3) is 0.188. The van der Waals surface area contributed by atoms with E-state index >= 15 is 0 Å². The van der Waals surface area contributed by atoms with E-state index < -0.39 is 32.5 Å². The number of benzene rings is 2. The molecule has 4 heterocycles. The fourth-order valence-corrected chi connectivity index (χ4v) is 6.29. The number of rotatable bonds is 8. The highest BCUT2D eigenvalue weighted by atomic mass is 32.2. The highest BCUT2D eigenvalue weighted by Crippen LogP contribution is 2.31. The summed E-state index contributed by atoms with van der Waals surface area (Å²) in [6, 6.07) is 15.7. The average Bonchev–Trinajstić information content (AvgIpc) is 3.48. The first-order valence-corrected chi connectivity index (χ1v) is 15.7. The summed E-state index contributed by atoms with van der Waals surface area (Å²) in [6.07, 6.45) is 5.28. The van der Waals surface area contributed by atoms with Crippen molar-refractivity contribution in [2.75, 3.05) is 24.9 Å². The number of pyridine rings is 2. The maximum absolute atomic E-state index is 14.3. The number of imidazole rings is 1. The van der Waals surface area contributed by atoms with Crippen molar-refractivity contribution in [3.8, 4) is 17.0 Å². The summed E-state index contributed by atoms with van der Waals surface area (Å²) in [5.74, 6) is -2.89. The number of halogens is 2. The third-order valence-corrected chi connectivity index (χ3v) is 8.94. The first-order chi connectivity index (χ1) is 22.1. The van der Waals surface area contributed by atoms with Crippen LogP contribution in [-0.2, 0) is 14.8 Å². The van der Waals surface area contributed by atoms with Crippen LogP contribution in [0.25, 0.3) is 16.8 Å². The second kappa shape index (κ2) is 12.6. The van der Waals surface area contributed by atoms with Gasteiger partial charge >= 0.3 is 5.97 Å². The number of amides is 1. The molecular weight excluding hydrogens is 620 g/mol. The Bertz CT molecular complexity index is 2050. The number of nitrogens with one attached hydrogen (secondary N) is 1. The van der Waals surface area contributed by atoms with Crippen LogP contribution < -0.4 is 9.46 Å². The molecule has 11 nitrogen and oxygen atoms in total. The summed E-state index contributed by atoms with van der Waals surface area (Å²) >= 11 is 0. The fourth-order valence-electron chi connectivity index (χ4n) is 5.18. The Morgan fingerprint density at radius 3 is 2.41 bits per heavy atom. The number of ether oxygens (including phenoxy) is 2. The van der Waals surface area contributed by atoms with Crippen molar-refractivity contribution < 1.29 is 36.3 Å². The number of nitrogens with zero attached hydrogens (tertiary/aromatic N) is 4. The lowest BCUT2D eigenvalue weighted by Crippen LogP contribution is -2.41. The van der Waals surface area contributed by atoms with E-state index in [2.05, 4.69) is 14.7 Å². The Morgan fingerprint density at radius 1 is 0.935 bits per heavy atom. The van der Waals surface area contributed by atoms with Crippen LogP contribution >= 0.6 is 0 Å². The topological polar surface area (TPSA) is 132 Å². The minimum atomic E-state index is -4.48. The van der Waals surface area contributed by atoms with Gasteiger partial charge in [0.2, 0.25) is 5.88 Å². The number of piperidine rings is 1. The molecule has 0 spiro atoms. The van der Waals surface area contributed by atoms with Crippen molar-refractivity contribution in [2.45, 2.75) is 23.8 Å². The maximum Gasteiger partial charge on any atom is 0.338 e. The molecule has 46 heavy (non-hydrogen) atoms. The van der Waals surface area contributed by atoms with Crippen molar-refractivity contribution >= 4 is 33.2 Å². The van der Waals surface area contributed by atoms with Gasteiger partial charge in [-0.25, -0.2) is 32.0 Å². The molecule has 0 atom stereocenters. The van der Waals surface area contributed by atoms with E-state index in [0.29, 0.717) is 60.0 Å². The average molecular weight is 648 g/mol. The number of fused-ring (bicyclic) bond motifs is 1. The first-order valence-electron chi connectivity index (χ1n) is 14.2. The van der Waals surface area contributed by atoms with Gasteiger partial charge in [-0.1, -0.05) is 18.2 Å². The zero-order valence-corrected chi connectivity index (χ0v) is 25.2. The molecule has 1 aliphatic heterocycles. The smallest absolute Gasteiger partial charge is 0.338 e. The lowest BCUT2D eigenvalue weighted by molar-refractivity contribution is 0.0119. The van der Waals surface area contributed by atoms with Crippen molar-refractivity contribution in [2.24, 2.45) is 0 Å². The number of methoxy groups -OCH3 is 1. The summed E-state index contributed by atoms with van der Waals surface area (Å²) in [4.78, 5) is 35.5. The molecule has 1 aliphatic rings. The van der Waals surface area contributed by atoms with Crippen LogP contribution in [0.1, 0.15) is 33.7 Å². The van der Waals surface area contributed by atoms with Gasteiger partial charge in [-0.05, 0) is 42.5 Å². The lowest BCUT2D eigenvalue weighted by atomic mass is 10.1. The molecule has 0 radical (unpaired) electrons. The van der Waals surface area contributed by atoms with E-state index in [-0.39, 0.29) is 23.6 Å². The summed E-state index contributed by atoms with van der Waals surface area (Å²) in [6.45, 7) is 0.776. The van der Waals surface area contributed by atoms with Crippen LogP contribution in [-0.4, -0.2) is 65.9 Å². The number of esters is 1. The number of likely N-dealkylation sites (tertiary alicyclic amines) is 1. The Morgan fingerprint density at radius 2 is 1.70 bits per heavy atom. The van der Waals surface area contributed by atoms with Crippen molar-refractivity contribution in [3.05, 3.63) is 108 Å². The number of sulfonamides is 1. The van der Waals surface area contributed by atoms with Crippen LogP contribution in [0.15, 0.2) is 90.2 Å². The second-order valence-electron chi connectivity index (χ2n) is 10.5. The van der Waals surface area contributed by atoms with Crippen LogP contribution in [0.2, 0.25) is 0 Å². The third-order valence-electron chi connectivity index (χ3n) is 7.54. The van der Waals surface area contributed by atoms with Crippen molar-refractivity contribution in [1.82, 2.24) is 19.3 Å². The van der Waals surface area contributed by atoms with E-state index in [4.69, 9.17) is 9.47 Å². The van der Waals surface area contributed by atoms with E-state index in [0.717, 1.165) is 12.1 Å². The molecule has 1 N–H and O–H groups in total. The van der Waals surface area contributed by atoms with Gasteiger partial charge in [0.1, 0.15) is 39.7 Å². The van der Waals surface area contributed by atoms with Crippen molar-refractivity contribution in [1.29, 1.82) is 0 Å². The molecule has 0 bridgehead atoms. The molecule has 6 rings (SSSR count). The van der Waals surface area contributed by atoms with E-state index in [9.17, 15) is 26.8 Å². The van der Waals surface area contributed by atoms with E-state index in [1.807, 2.05) is 6.07 Å². The molecule has 14 heteroatoms. The molecule has 0 aliphatic carbocycles.